The predicted octanol–water partition coefficient (Wildman–Crippen LogP) is 2.51. The molecule has 1 saturated carbocycles. The van der Waals surface area contributed by atoms with Crippen molar-refractivity contribution in [3.05, 3.63) is 41.5 Å². The number of carboxylic acids is 1. The summed E-state index contributed by atoms with van der Waals surface area (Å²) in [5, 5.41) is 18.8. The normalized spacial score (nSPS) is 21.7. The Bertz CT molecular complexity index is 1070. The second kappa shape index (κ2) is 10.2. The first-order valence-corrected chi connectivity index (χ1v) is 11.5. The molecule has 2 atom stereocenters. The molecular weight excluding hydrogens is 467 g/mol. The molecule has 9 nitrogen and oxygen atoms in total. The Morgan fingerprint density at radius 3 is 2.51 bits per heavy atom. The van der Waals surface area contributed by atoms with Gasteiger partial charge < -0.3 is 19.7 Å². The van der Waals surface area contributed by atoms with Gasteiger partial charge in [-0.1, -0.05) is 12.1 Å². The van der Waals surface area contributed by atoms with Gasteiger partial charge >= 0.3 is 12.1 Å². The van der Waals surface area contributed by atoms with E-state index in [0.29, 0.717) is 23.7 Å². The van der Waals surface area contributed by atoms with Gasteiger partial charge in [0.25, 0.3) is 5.91 Å². The lowest BCUT2D eigenvalue weighted by molar-refractivity contribution is -0.192. The van der Waals surface area contributed by atoms with Gasteiger partial charge in [-0.05, 0) is 48.8 Å². The number of aliphatic carboxylic acids is 1. The van der Waals surface area contributed by atoms with Crippen LogP contribution in [0.3, 0.4) is 0 Å². The molecule has 3 aliphatic rings. The number of benzene rings is 1. The summed E-state index contributed by atoms with van der Waals surface area (Å²) in [4.78, 5) is 24.0. The van der Waals surface area contributed by atoms with E-state index < -0.39 is 12.1 Å². The van der Waals surface area contributed by atoms with Gasteiger partial charge in [0, 0.05) is 38.6 Å². The zero-order valence-electron chi connectivity index (χ0n) is 19.3. The average Bonchev–Trinajstić information content (AvgIpc) is 3.37. The van der Waals surface area contributed by atoms with Crippen LogP contribution in [0.25, 0.3) is 0 Å². The summed E-state index contributed by atoms with van der Waals surface area (Å²) in [6.45, 7) is 3.89. The Labute approximate surface area is 200 Å². The average molecular weight is 496 g/mol. The first-order chi connectivity index (χ1) is 16.6. The third-order valence-electron chi connectivity index (χ3n) is 6.77. The van der Waals surface area contributed by atoms with E-state index >= 15 is 0 Å². The molecule has 1 aromatic heterocycles. The van der Waals surface area contributed by atoms with Crippen LogP contribution in [-0.4, -0.2) is 69.1 Å². The van der Waals surface area contributed by atoms with Crippen LogP contribution in [0.4, 0.5) is 13.2 Å². The van der Waals surface area contributed by atoms with Crippen molar-refractivity contribution in [3.63, 3.8) is 0 Å². The number of methoxy groups -OCH3 is 1. The van der Waals surface area contributed by atoms with E-state index in [1.807, 2.05) is 12.1 Å². The fraction of sp³-hybridized carbons (Fsp3) is 0.565. The summed E-state index contributed by atoms with van der Waals surface area (Å²) in [6.07, 6.45) is -0.813. The molecule has 35 heavy (non-hydrogen) atoms. The summed E-state index contributed by atoms with van der Waals surface area (Å²) in [6, 6.07) is 8.62. The van der Waals surface area contributed by atoms with Gasteiger partial charge in [0.1, 0.15) is 11.6 Å². The molecule has 0 bridgehead atoms. The number of amides is 1. The molecule has 12 heteroatoms. The summed E-state index contributed by atoms with van der Waals surface area (Å²) in [7, 11) is 1.71. The number of likely N-dealkylation sites (tertiary alicyclic amines) is 1. The number of nitrogens with one attached hydrogen (secondary N) is 1. The molecule has 2 aromatic rings. The Morgan fingerprint density at radius 1 is 1.17 bits per heavy atom. The van der Waals surface area contributed by atoms with Crippen molar-refractivity contribution in [3.8, 4) is 5.75 Å². The van der Waals surface area contributed by atoms with Crippen LogP contribution in [-0.2, 0) is 24.3 Å². The number of ether oxygens (including phenoxy) is 1. The Hall–Kier alpha value is -3.15. The van der Waals surface area contributed by atoms with Crippen molar-refractivity contribution in [1.29, 1.82) is 0 Å². The highest BCUT2D eigenvalue weighted by atomic mass is 19.4. The van der Waals surface area contributed by atoms with Crippen molar-refractivity contribution >= 4 is 11.9 Å². The number of fused-ring (bicyclic) bond motifs is 2. The highest BCUT2D eigenvalue weighted by Gasteiger charge is 2.39. The smallest absolute Gasteiger partial charge is 0.490 e. The largest absolute Gasteiger partial charge is 0.497 e. The number of rotatable bonds is 5. The third kappa shape index (κ3) is 5.92. The molecule has 5 rings (SSSR count). The van der Waals surface area contributed by atoms with Gasteiger partial charge in [-0.15, -0.1) is 10.2 Å². The Balaban J connectivity index is 0.000000364. The van der Waals surface area contributed by atoms with Crippen molar-refractivity contribution in [1.82, 2.24) is 25.0 Å². The number of carboxylic acid groups (broad SMARTS) is 1. The predicted molar refractivity (Wildman–Crippen MR) is 118 cm³/mol. The fourth-order valence-corrected chi connectivity index (χ4v) is 4.75. The summed E-state index contributed by atoms with van der Waals surface area (Å²) < 4.78 is 39.1. The van der Waals surface area contributed by atoms with E-state index in [2.05, 4.69) is 37.1 Å². The second-order valence-electron chi connectivity index (χ2n) is 9.22. The van der Waals surface area contributed by atoms with E-state index in [4.69, 9.17) is 14.6 Å². The molecule has 190 valence electrons. The number of alkyl halides is 3. The van der Waals surface area contributed by atoms with Gasteiger partial charge in [-0.25, -0.2) is 4.79 Å². The van der Waals surface area contributed by atoms with Crippen LogP contribution in [0, 0.1) is 11.8 Å². The second-order valence-corrected chi connectivity index (χ2v) is 9.22. The standard InChI is InChI=1S/C21H27N5O2.C2HF3O2/c1-28-18-7-2-4-14(8-18)10-25-11-15-9-19-23-24-20(26(19)13-16(15)12-25)21(27)22-17-5-3-6-17;3-2(4,5)1(6)7/h2,4,7-8,15-17H,3,5-6,9-13H2,1H3,(H,22,27);(H,6,7). The molecule has 2 fully saturated rings. The molecule has 1 aliphatic carbocycles. The maximum absolute atomic E-state index is 12.6. The number of carbonyl (C=O) groups excluding carboxylic acids is 1. The molecule has 3 heterocycles. The lowest BCUT2D eigenvalue weighted by Gasteiger charge is -2.28. The van der Waals surface area contributed by atoms with Gasteiger partial charge in [-0.3, -0.25) is 9.69 Å². The van der Waals surface area contributed by atoms with E-state index in [0.717, 1.165) is 57.0 Å². The minimum atomic E-state index is -5.08. The molecule has 1 aromatic carbocycles. The molecule has 0 spiro atoms. The van der Waals surface area contributed by atoms with Gasteiger partial charge in [-0.2, -0.15) is 13.2 Å². The highest BCUT2D eigenvalue weighted by Crippen LogP contribution is 2.33. The van der Waals surface area contributed by atoms with Crippen molar-refractivity contribution < 1.29 is 32.6 Å². The summed E-state index contributed by atoms with van der Waals surface area (Å²) >= 11 is 0. The molecular formula is C23H28F3N5O4. The minimum absolute atomic E-state index is 0.0619. The number of halogens is 3. The van der Waals surface area contributed by atoms with Gasteiger partial charge in [0.2, 0.25) is 5.82 Å². The van der Waals surface area contributed by atoms with Gasteiger partial charge in [0.15, 0.2) is 0 Å². The third-order valence-corrected chi connectivity index (χ3v) is 6.77. The maximum Gasteiger partial charge on any atom is 0.490 e. The van der Waals surface area contributed by atoms with Crippen molar-refractivity contribution in [2.45, 2.75) is 51.0 Å². The van der Waals surface area contributed by atoms with Crippen LogP contribution >= 0.6 is 0 Å². The molecule has 2 unspecified atom stereocenters. The molecule has 2 aliphatic heterocycles. The highest BCUT2D eigenvalue weighted by molar-refractivity contribution is 5.91. The topological polar surface area (TPSA) is 110 Å². The molecule has 1 amide bonds. The SMILES string of the molecule is COc1cccc(CN2CC3Cc4nnc(C(=O)NC5CCC5)n4CC3C2)c1.O=C(O)C(F)(F)F. The van der Waals surface area contributed by atoms with E-state index in [1.54, 1.807) is 7.11 Å². The lowest BCUT2D eigenvalue weighted by Crippen LogP contribution is -2.41. The number of hydrogen-bond donors (Lipinski definition) is 2. The number of hydrogen-bond acceptors (Lipinski definition) is 6. The van der Waals surface area contributed by atoms with Crippen molar-refractivity contribution in [2.24, 2.45) is 11.8 Å². The lowest BCUT2D eigenvalue weighted by atomic mass is 9.89. The zero-order valence-corrected chi connectivity index (χ0v) is 19.3. The molecule has 2 N–H and O–H groups in total. The quantitative estimate of drug-likeness (QED) is 0.656. The van der Waals surface area contributed by atoms with E-state index in [-0.39, 0.29) is 5.91 Å². The van der Waals surface area contributed by atoms with Crippen LogP contribution in [0.5, 0.6) is 5.75 Å². The molecule has 1 saturated heterocycles. The van der Waals surface area contributed by atoms with Crippen molar-refractivity contribution in [2.75, 3.05) is 20.2 Å². The number of nitrogens with zero attached hydrogens (tertiary/aromatic N) is 4. The summed E-state index contributed by atoms with van der Waals surface area (Å²) in [5.41, 5.74) is 1.28. The van der Waals surface area contributed by atoms with Crippen LogP contribution < -0.4 is 10.1 Å². The van der Waals surface area contributed by atoms with E-state index in [9.17, 15) is 18.0 Å². The zero-order chi connectivity index (χ0) is 25.2. The van der Waals surface area contributed by atoms with E-state index in [1.165, 1.54) is 12.0 Å². The Kier molecular flexibility index (Phi) is 7.29. The minimum Gasteiger partial charge on any atom is -0.497 e. The number of carbonyl (C=O) groups is 2. The Morgan fingerprint density at radius 2 is 1.89 bits per heavy atom. The molecule has 0 radical (unpaired) electrons. The monoisotopic (exact) mass is 495 g/mol. The number of aromatic nitrogens is 3. The summed E-state index contributed by atoms with van der Waals surface area (Å²) in [5.74, 6) is 0.673. The fourth-order valence-electron chi connectivity index (χ4n) is 4.75. The maximum atomic E-state index is 12.6. The van der Waals surface area contributed by atoms with Crippen LogP contribution in [0.2, 0.25) is 0 Å². The van der Waals surface area contributed by atoms with Crippen LogP contribution in [0.1, 0.15) is 41.3 Å². The van der Waals surface area contributed by atoms with Gasteiger partial charge in [0.05, 0.1) is 7.11 Å². The first-order valence-electron chi connectivity index (χ1n) is 11.5. The van der Waals surface area contributed by atoms with Crippen LogP contribution in [0.15, 0.2) is 24.3 Å². The first kappa shape index (κ1) is 25.0.